The Morgan fingerprint density at radius 3 is 2.91 bits per heavy atom. The van der Waals surface area contributed by atoms with Crippen LogP contribution in [0.4, 0.5) is 5.69 Å². The molecule has 7 heteroatoms. The minimum atomic E-state index is -0.488. The predicted molar refractivity (Wildman–Crippen MR) is 83.2 cm³/mol. The molecule has 114 valence electrons. The number of pyridine rings is 1. The summed E-state index contributed by atoms with van der Waals surface area (Å²) in [5.41, 5.74) is 1.62. The van der Waals surface area contributed by atoms with Crippen molar-refractivity contribution < 1.29 is 9.53 Å². The van der Waals surface area contributed by atoms with E-state index in [4.69, 9.17) is 4.74 Å². The number of aryl methyl sites for hydroxylation is 1. The van der Waals surface area contributed by atoms with Crippen LogP contribution in [0.2, 0.25) is 0 Å². The number of hydrogen-bond acceptors (Lipinski definition) is 5. The normalized spacial score (nSPS) is 10.9. The fourth-order valence-electron chi connectivity index (χ4n) is 2.15. The van der Waals surface area contributed by atoms with Gasteiger partial charge in [0.15, 0.2) is 5.69 Å². The largest absolute Gasteiger partial charge is 0.461 e. The molecule has 0 aliphatic heterocycles. The molecule has 0 atom stereocenters. The molecular formula is C15H17N5O2. The molecular weight excluding hydrogens is 282 g/mol. The molecule has 2 aromatic heterocycles. The van der Waals surface area contributed by atoms with Crippen LogP contribution in [-0.4, -0.2) is 47.5 Å². The summed E-state index contributed by atoms with van der Waals surface area (Å²) in [6.45, 7) is 2.00. The Labute approximate surface area is 128 Å². The maximum Gasteiger partial charge on any atom is 0.357 e. The molecule has 0 aromatic carbocycles. The summed E-state index contributed by atoms with van der Waals surface area (Å²) < 4.78 is 6.71. The maximum absolute atomic E-state index is 12.3. The van der Waals surface area contributed by atoms with Crippen molar-refractivity contribution >= 4 is 29.0 Å². The number of carbonyl (C=O) groups is 1. The van der Waals surface area contributed by atoms with Gasteiger partial charge in [-0.3, -0.25) is 0 Å². The van der Waals surface area contributed by atoms with Crippen molar-refractivity contribution in [1.29, 1.82) is 5.26 Å². The van der Waals surface area contributed by atoms with Gasteiger partial charge in [0.1, 0.15) is 17.4 Å². The van der Waals surface area contributed by atoms with Crippen LogP contribution in [0.15, 0.2) is 17.3 Å². The number of nitriles is 1. The lowest BCUT2D eigenvalue weighted by molar-refractivity contribution is 0.0517. The molecule has 0 aliphatic rings. The molecule has 2 heterocycles. The predicted octanol–water partition coefficient (Wildman–Crippen LogP) is 1.84. The molecule has 7 nitrogen and oxygen atoms in total. The first kappa shape index (κ1) is 15.5. The van der Waals surface area contributed by atoms with Crippen molar-refractivity contribution in [2.24, 2.45) is 12.0 Å². The van der Waals surface area contributed by atoms with Crippen LogP contribution < -0.4 is 0 Å². The third-order valence-corrected chi connectivity index (χ3v) is 3.05. The summed E-state index contributed by atoms with van der Waals surface area (Å²) in [5.74, 6) is -0.488. The van der Waals surface area contributed by atoms with Crippen LogP contribution in [0, 0.1) is 11.3 Å². The zero-order valence-electron chi connectivity index (χ0n) is 13.0. The maximum atomic E-state index is 12.3. The van der Waals surface area contributed by atoms with Crippen LogP contribution in [-0.2, 0) is 11.8 Å². The molecule has 0 fully saturated rings. The van der Waals surface area contributed by atoms with Crippen molar-refractivity contribution in [3.05, 3.63) is 23.5 Å². The van der Waals surface area contributed by atoms with Gasteiger partial charge in [-0.05, 0) is 13.0 Å². The Morgan fingerprint density at radius 2 is 2.32 bits per heavy atom. The van der Waals surface area contributed by atoms with Crippen molar-refractivity contribution in [1.82, 2.24) is 14.5 Å². The molecule has 2 rings (SSSR count). The smallest absolute Gasteiger partial charge is 0.357 e. The van der Waals surface area contributed by atoms with Gasteiger partial charge < -0.3 is 14.2 Å². The topological polar surface area (TPSA) is 83.5 Å². The van der Waals surface area contributed by atoms with Gasteiger partial charge in [0.25, 0.3) is 0 Å². The average molecular weight is 299 g/mol. The second-order valence-electron chi connectivity index (χ2n) is 4.85. The summed E-state index contributed by atoms with van der Waals surface area (Å²) in [5, 5.41) is 9.86. The number of carbonyl (C=O) groups excluding carboxylic acids is 1. The number of esters is 1. The van der Waals surface area contributed by atoms with Gasteiger partial charge in [-0.15, -0.1) is 0 Å². The number of aliphatic imine (C=N–C) groups is 1. The highest BCUT2D eigenvalue weighted by Crippen LogP contribution is 2.34. The molecule has 0 unspecified atom stereocenters. The van der Waals surface area contributed by atoms with Gasteiger partial charge >= 0.3 is 5.97 Å². The fraction of sp³-hybridized carbons (Fsp3) is 0.333. The number of rotatable bonds is 4. The van der Waals surface area contributed by atoms with E-state index in [9.17, 15) is 10.1 Å². The fourth-order valence-corrected chi connectivity index (χ4v) is 2.15. The molecule has 0 N–H and O–H groups in total. The van der Waals surface area contributed by atoms with E-state index >= 15 is 0 Å². The molecule has 0 radical (unpaired) electrons. The van der Waals surface area contributed by atoms with Gasteiger partial charge in [0, 0.05) is 27.3 Å². The number of hydrogen-bond donors (Lipinski definition) is 0. The van der Waals surface area contributed by atoms with Gasteiger partial charge in [0.2, 0.25) is 0 Å². The Kier molecular flexibility index (Phi) is 4.41. The zero-order valence-corrected chi connectivity index (χ0v) is 13.0. The third kappa shape index (κ3) is 2.63. The van der Waals surface area contributed by atoms with Crippen LogP contribution >= 0.6 is 0 Å². The average Bonchev–Trinajstić information content (AvgIpc) is 2.78. The Morgan fingerprint density at radius 1 is 1.59 bits per heavy atom. The minimum absolute atomic E-state index is 0.260. The SMILES string of the molecule is CCOC(=O)c1c(N=CN(C)C)c2c(C#N)ccnc2n1C. The summed E-state index contributed by atoms with van der Waals surface area (Å²) in [7, 11) is 5.35. The molecule has 0 amide bonds. The Bertz CT molecular complexity index is 783. The van der Waals surface area contributed by atoms with E-state index in [1.54, 1.807) is 35.8 Å². The number of nitrogens with zero attached hydrogens (tertiary/aromatic N) is 5. The number of ether oxygens (including phenoxy) is 1. The first-order chi connectivity index (χ1) is 10.5. The van der Waals surface area contributed by atoms with Crippen LogP contribution in [0.1, 0.15) is 23.0 Å². The van der Waals surface area contributed by atoms with Gasteiger partial charge in [0.05, 0.1) is 23.9 Å². The highest BCUT2D eigenvalue weighted by molar-refractivity contribution is 6.07. The van der Waals surface area contributed by atoms with E-state index in [1.165, 1.54) is 6.20 Å². The molecule has 0 spiro atoms. The quantitative estimate of drug-likeness (QED) is 0.488. The second kappa shape index (κ2) is 6.26. The second-order valence-corrected chi connectivity index (χ2v) is 4.85. The standard InChI is InChI=1S/C15H17N5O2/c1-5-22-15(21)13-12(18-9-19(2)3)11-10(8-16)6-7-17-14(11)20(13)4/h6-7,9H,5H2,1-4H3. The lowest BCUT2D eigenvalue weighted by Gasteiger charge is -2.05. The van der Waals surface area contributed by atoms with Crippen LogP contribution in [0.3, 0.4) is 0 Å². The molecule has 2 aromatic rings. The lowest BCUT2D eigenvalue weighted by Crippen LogP contribution is -2.11. The molecule has 0 saturated heterocycles. The third-order valence-electron chi connectivity index (χ3n) is 3.05. The Hall–Kier alpha value is -2.88. The van der Waals surface area contributed by atoms with E-state index in [1.807, 2.05) is 14.1 Å². The molecule has 0 bridgehead atoms. The van der Waals surface area contributed by atoms with E-state index in [0.717, 1.165) is 0 Å². The molecule has 0 saturated carbocycles. The van der Waals surface area contributed by atoms with Crippen molar-refractivity contribution in [2.45, 2.75) is 6.92 Å². The summed E-state index contributed by atoms with van der Waals surface area (Å²) >= 11 is 0. The van der Waals surface area contributed by atoms with Crippen molar-refractivity contribution in [3.63, 3.8) is 0 Å². The first-order valence-electron chi connectivity index (χ1n) is 6.76. The highest BCUT2D eigenvalue weighted by Gasteiger charge is 2.24. The van der Waals surface area contributed by atoms with Crippen molar-refractivity contribution in [2.75, 3.05) is 20.7 Å². The van der Waals surface area contributed by atoms with E-state index < -0.39 is 5.97 Å². The number of aromatic nitrogens is 2. The monoisotopic (exact) mass is 299 g/mol. The minimum Gasteiger partial charge on any atom is -0.461 e. The van der Waals surface area contributed by atoms with Crippen LogP contribution in [0.25, 0.3) is 11.0 Å². The zero-order chi connectivity index (χ0) is 16.3. The van der Waals surface area contributed by atoms with Gasteiger partial charge in [-0.1, -0.05) is 0 Å². The van der Waals surface area contributed by atoms with E-state index in [-0.39, 0.29) is 12.3 Å². The lowest BCUT2D eigenvalue weighted by atomic mass is 10.1. The van der Waals surface area contributed by atoms with Gasteiger partial charge in [-0.25, -0.2) is 14.8 Å². The number of fused-ring (bicyclic) bond motifs is 1. The first-order valence-corrected chi connectivity index (χ1v) is 6.76. The van der Waals surface area contributed by atoms with E-state index in [0.29, 0.717) is 22.3 Å². The highest BCUT2D eigenvalue weighted by atomic mass is 16.5. The summed E-state index contributed by atoms with van der Waals surface area (Å²) in [4.78, 5) is 22.6. The Balaban J connectivity index is 2.82. The van der Waals surface area contributed by atoms with Crippen molar-refractivity contribution in [3.8, 4) is 6.07 Å². The summed E-state index contributed by atoms with van der Waals surface area (Å²) in [6.07, 6.45) is 3.11. The molecule has 22 heavy (non-hydrogen) atoms. The summed E-state index contributed by atoms with van der Waals surface area (Å²) in [6, 6.07) is 3.72. The van der Waals surface area contributed by atoms with E-state index in [2.05, 4.69) is 16.0 Å². The molecule has 0 aliphatic carbocycles. The van der Waals surface area contributed by atoms with Crippen LogP contribution in [0.5, 0.6) is 0 Å². The van der Waals surface area contributed by atoms with Gasteiger partial charge in [-0.2, -0.15) is 5.26 Å².